The third-order valence-corrected chi connectivity index (χ3v) is 3.57. The zero-order valence-electron chi connectivity index (χ0n) is 11.3. The van der Waals surface area contributed by atoms with Crippen molar-refractivity contribution < 1.29 is 4.79 Å². The van der Waals surface area contributed by atoms with Gasteiger partial charge >= 0.3 is 0 Å². The van der Waals surface area contributed by atoms with Gasteiger partial charge in [0, 0.05) is 25.6 Å². The normalized spacial score (nSPS) is 23.4. The Bertz CT molecular complexity index is 266. The third-order valence-electron chi connectivity index (χ3n) is 3.57. The van der Waals surface area contributed by atoms with E-state index in [0.717, 1.165) is 13.0 Å². The average molecular weight is 226 g/mol. The Hall–Kier alpha value is -0.570. The minimum atomic E-state index is 0.0534. The van der Waals surface area contributed by atoms with Crippen molar-refractivity contribution in [2.75, 3.05) is 13.1 Å². The molecule has 0 aliphatic carbocycles. The van der Waals surface area contributed by atoms with Crippen LogP contribution in [-0.2, 0) is 4.79 Å². The average Bonchev–Trinajstić information content (AvgIpc) is 2.07. The maximum Gasteiger partial charge on any atom is 0.223 e. The van der Waals surface area contributed by atoms with Gasteiger partial charge < -0.3 is 10.6 Å². The molecule has 1 atom stereocenters. The van der Waals surface area contributed by atoms with E-state index in [1.54, 1.807) is 0 Å². The van der Waals surface area contributed by atoms with Crippen LogP contribution in [0.25, 0.3) is 0 Å². The van der Waals surface area contributed by atoms with Gasteiger partial charge in [0.25, 0.3) is 0 Å². The van der Waals surface area contributed by atoms with Crippen LogP contribution in [-0.4, -0.2) is 29.9 Å². The van der Waals surface area contributed by atoms with E-state index in [1.807, 2.05) is 4.90 Å². The summed E-state index contributed by atoms with van der Waals surface area (Å²) in [5, 5.41) is 0. The van der Waals surface area contributed by atoms with Crippen LogP contribution >= 0.6 is 0 Å². The summed E-state index contributed by atoms with van der Waals surface area (Å²) in [6.07, 6.45) is 1.74. The number of likely N-dealkylation sites (tertiary alicyclic amines) is 1. The lowest BCUT2D eigenvalue weighted by Crippen LogP contribution is -2.50. The van der Waals surface area contributed by atoms with Crippen LogP contribution in [0.4, 0.5) is 0 Å². The van der Waals surface area contributed by atoms with E-state index in [9.17, 15) is 4.79 Å². The van der Waals surface area contributed by atoms with Crippen LogP contribution in [0.5, 0.6) is 0 Å². The first-order valence-corrected chi connectivity index (χ1v) is 6.15. The molecule has 3 nitrogen and oxygen atoms in total. The smallest absolute Gasteiger partial charge is 0.223 e. The minimum Gasteiger partial charge on any atom is -0.341 e. The molecular weight excluding hydrogens is 200 g/mol. The van der Waals surface area contributed by atoms with Crippen molar-refractivity contribution in [2.45, 2.75) is 53.5 Å². The van der Waals surface area contributed by atoms with E-state index in [2.05, 4.69) is 34.6 Å². The lowest BCUT2D eigenvalue weighted by Gasteiger charge is -2.39. The number of nitrogens with two attached hydrogens (primary N) is 1. The second kappa shape index (κ2) is 4.36. The molecule has 1 heterocycles. The number of hydrogen-bond acceptors (Lipinski definition) is 2. The Balaban J connectivity index is 2.55. The first-order valence-electron chi connectivity index (χ1n) is 6.15. The van der Waals surface area contributed by atoms with Gasteiger partial charge in [-0.1, -0.05) is 34.6 Å². The fourth-order valence-electron chi connectivity index (χ4n) is 1.88. The topological polar surface area (TPSA) is 46.3 Å². The van der Waals surface area contributed by atoms with Crippen LogP contribution in [0.3, 0.4) is 0 Å². The van der Waals surface area contributed by atoms with Crippen LogP contribution in [0.1, 0.15) is 47.5 Å². The molecule has 3 heteroatoms. The summed E-state index contributed by atoms with van der Waals surface area (Å²) in [5.74, 6) is 0.260. The fraction of sp³-hybridized carbons (Fsp3) is 0.923. The number of nitrogens with zero attached hydrogens (tertiary/aromatic N) is 1. The molecule has 0 aromatic rings. The van der Waals surface area contributed by atoms with Crippen molar-refractivity contribution in [1.29, 1.82) is 0 Å². The van der Waals surface area contributed by atoms with Crippen molar-refractivity contribution in [3.8, 4) is 0 Å². The van der Waals surface area contributed by atoms with Crippen LogP contribution in [0, 0.1) is 10.8 Å². The predicted octanol–water partition coefficient (Wildman–Crippen LogP) is 2.01. The molecule has 94 valence electrons. The van der Waals surface area contributed by atoms with Crippen LogP contribution < -0.4 is 5.73 Å². The maximum atomic E-state index is 11.9. The van der Waals surface area contributed by atoms with Gasteiger partial charge in [-0.05, 0) is 17.3 Å². The summed E-state index contributed by atoms with van der Waals surface area (Å²) < 4.78 is 0. The predicted molar refractivity (Wildman–Crippen MR) is 67.0 cm³/mol. The van der Waals surface area contributed by atoms with Gasteiger partial charge in [-0.15, -0.1) is 0 Å². The van der Waals surface area contributed by atoms with E-state index < -0.39 is 0 Å². The van der Waals surface area contributed by atoms with Gasteiger partial charge in [-0.3, -0.25) is 4.79 Å². The summed E-state index contributed by atoms with van der Waals surface area (Å²) in [5.41, 5.74) is 6.35. The SMILES string of the molecule is CC1(C)CCN(CC(N)C(C)(C)C)C(=O)C1. The molecule has 1 rings (SSSR count). The Labute approximate surface area is 99.4 Å². The van der Waals surface area contributed by atoms with Crippen molar-refractivity contribution in [2.24, 2.45) is 16.6 Å². The monoisotopic (exact) mass is 226 g/mol. The lowest BCUT2D eigenvalue weighted by molar-refractivity contribution is -0.137. The van der Waals surface area contributed by atoms with Crippen LogP contribution in [0.15, 0.2) is 0 Å². The Morgan fingerprint density at radius 2 is 2.00 bits per heavy atom. The van der Waals surface area contributed by atoms with Gasteiger partial charge in [-0.25, -0.2) is 0 Å². The number of amides is 1. The highest BCUT2D eigenvalue weighted by molar-refractivity contribution is 5.77. The highest BCUT2D eigenvalue weighted by atomic mass is 16.2. The molecule has 1 aliphatic rings. The third kappa shape index (κ3) is 3.48. The molecular formula is C13H26N2O. The number of piperidine rings is 1. The number of carbonyl (C=O) groups excluding carboxylic acids is 1. The molecule has 1 unspecified atom stereocenters. The molecule has 0 radical (unpaired) electrons. The lowest BCUT2D eigenvalue weighted by atomic mass is 9.81. The molecule has 1 amide bonds. The quantitative estimate of drug-likeness (QED) is 0.783. The zero-order chi connectivity index (χ0) is 12.6. The summed E-state index contributed by atoms with van der Waals surface area (Å²) in [7, 11) is 0. The zero-order valence-corrected chi connectivity index (χ0v) is 11.3. The van der Waals surface area contributed by atoms with Crippen molar-refractivity contribution >= 4 is 5.91 Å². The minimum absolute atomic E-state index is 0.0534. The summed E-state index contributed by atoms with van der Waals surface area (Å²) >= 11 is 0. The molecule has 2 N–H and O–H groups in total. The number of carbonyl (C=O) groups is 1. The number of hydrogen-bond donors (Lipinski definition) is 1. The summed E-state index contributed by atoms with van der Waals surface area (Å²) in [6, 6.07) is 0.0534. The highest BCUT2D eigenvalue weighted by Gasteiger charge is 2.33. The van der Waals surface area contributed by atoms with Gasteiger partial charge in [0.1, 0.15) is 0 Å². The van der Waals surface area contributed by atoms with Crippen molar-refractivity contribution in [3.63, 3.8) is 0 Å². The van der Waals surface area contributed by atoms with Crippen LogP contribution in [0.2, 0.25) is 0 Å². The largest absolute Gasteiger partial charge is 0.341 e. The molecule has 16 heavy (non-hydrogen) atoms. The first-order chi connectivity index (χ1) is 7.12. The number of rotatable bonds is 2. The molecule has 0 aromatic carbocycles. The Morgan fingerprint density at radius 3 is 2.44 bits per heavy atom. The van der Waals surface area contributed by atoms with Gasteiger partial charge in [0.2, 0.25) is 5.91 Å². The van der Waals surface area contributed by atoms with E-state index in [1.165, 1.54) is 0 Å². The van der Waals surface area contributed by atoms with E-state index in [0.29, 0.717) is 13.0 Å². The molecule has 1 saturated heterocycles. The standard InChI is InChI=1S/C13H26N2O/c1-12(2,3)10(14)9-15-7-6-13(4,5)8-11(15)16/h10H,6-9,14H2,1-5H3. The first kappa shape index (κ1) is 13.5. The molecule has 1 aliphatic heterocycles. The maximum absolute atomic E-state index is 11.9. The summed E-state index contributed by atoms with van der Waals surface area (Å²) in [4.78, 5) is 13.9. The van der Waals surface area contributed by atoms with E-state index in [4.69, 9.17) is 5.73 Å². The summed E-state index contributed by atoms with van der Waals surface area (Å²) in [6.45, 7) is 12.2. The van der Waals surface area contributed by atoms with Crippen molar-refractivity contribution in [1.82, 2.24) is 4.90 Å². The van der Waals surface area contributed by atoms with Gasteiger partial charge in [0.15, 0.2) is 0 Å². The highest BCUT2D eigenvalue weighted by Crippen LogP contribution is 2.31. The Morgan fingerprint density at radius 1 is 1.44 bits per heavy atom. The van der Waals surface area contributed by atoms with E-state index in [-0.39, 0.29) is 22.8 Å². The molecule has 0 aromatic heterocycles. The second-order valence-corrected chi connectivity index (χ2v) is 6.90. The van der Waals surface area contributed by atoms with Gasteiger partial charge in [0.05, 0.1) is 0 Å². The molecule has 0 saturated carbocycles. The Kier molecular flexibility index (Phi) is 3.68. The van der Waals surface area contributed by atoms with Crippen molar-refractivity contribution in [3.05, 3.63) is 0 Å². The molecule has 1 fully saturated rings. The molecule has 0 bridgehead atoms. The second-order valence-electron chi connectivity index (χ2n) is 6.90. The molecule has 0 spiro atoms. The van der Waals surface area contributed by atoms with Gasteiger partial charge in [-0.2, -0.15) is 0 Å². The van der Waals surface area contributed by atoms with E-state index >= 15 is 0 Å². The fourth-order valence-corrected chi connectivity index (χ4v) is 1.88.